The number of halogens is 1. The molecule has 0 radical (unpaired) electrons. The first kappa shape index (κ1) is 17.0. The summed E-state index contributed by atoms with van der Waals surface area (Å²) in [5.41, 5.74) is 1.14. The van der Waals surface area contributed by atoms with E-state index in [4.69, 9.17) is 16.3 Å². The summed E-state index contributed by atoms with van der Waals surface area (Å²) in [4.78, 5) is 26.4. The maximum Gasteiger partial charge on any atom is 0.340 e. The van der Waals surface area contributed by atoms with E-state index in [0.29, 0.717) is 16.3 Å². The molecule has 2 aromatic rings. The van der Waals surface area contributed by atoms with Gasteiger partial charge in [0.2, 0.25) is 0 Å². The maximum atomic E-state index is 12.7. The van der Waals surface area contributed by atoms with Crippen LogP contribution in [0.1, 0.15) is 18.5 Å². The Morgan fingerprint density at radius 3 is 2.40 bits per heavy atom. The SMILES string of the molecule is CCOC(=O)C1=C(O)C(=O)N(c2ccccc2)C1c1ccc(Cl)cc1. The zero-order valence-electron chi connectivity index (χ0n) is 13.5. The number of hydrogen-bond acceptors (Lipinski definition) is 4. The van der Waals surface area contributed by atoms with E-state index in [0.717, 1.165) is 0 Å². The second-order valence-corrected chi connectivity index (χ2v) is 5.88. The topological polar surface area (TPSA) is 66.8 Å². The Kier molecular flexibility index (Phi) is 4.76. The molecule has 25 heavy (non-hydrogen) atoms. The summed E-state index contributed by atoms with van der Waals surface area (Å²) in [6.45, 7) is 1.81. The van der Waals surface area contributed by atoms with Crippen molar-refractivity contribution in [2.75, 3.05) is 11.5 Å². The van der Waals surface area contributed by atoms with E-state index in [2.05, 4.69) is 0 Å². The number of hydrogen-bond donors (Lipinski definition) is 1. The zero-order valence-corrected chi connectivity index (χ0v) is 14.2. The van der Waals surface area contributed by atoms with Gasteiger partial charge in [-0.3, -0.25) is 9.69 Å². The fourth-order valence-corrected chi connectivity index (χ4v) is 2.96. The standard InChI is InChI=1S/C19H16ClNO4/c1-2-25-19(24)15-16(12-8-10-13(20)11-9-12)21(18(23)17(15)22)14-6-4-3-5-7-14/h3-11,16,22H,2H2,1H3. The van der Waals surface area contributed by atoms with E-state index < -0.39 is 23.7 Å². The van der Waals surface area contributed by atoms with E-state index >= 15 is 0 Å². The number of anilines is 1. The Bertz CT molecular complexity index is 830. The lowest BCUT2D eigenvalue weighted by Gasteiger charge is -2.26. The monoisotopic (exact) mass is 357 g/mol. The molecule has 1 unspecified atom stereocenters. The number of para-hydroxylation sites is 1. The number of amides is 1. The molecular formula is C19H16ClNO4. The van der Waals surface area contributed by atoms with Crippen molar-refractivity contribution in [2.24, 2.45) is 0 Å². The first-order chi connectivity index (χ1) is 12.0. The molecule has 0 aliphatic carbocycles. The Morgan fingerprint density at radius 2 is 1.80 bits per heavy atom. The van der Waals surface area contributed by atoms with Gasteiger partial charge in [-0.25, -0.2) is 4.79 Å². The summed E-state index contributed by atoms with van der Waals surface area (Å²) in [6, 6.07) is 14.8. The molecule has 6 heteroatoms. The van der Waals surface area contributed by atoms with Crippen molar-refractivity contribution < 1.29 is 19.4 Å². The average molecular weight is 358 g/mol. The third-order valence-corrected chi connectivity index (χ3v) is 4.18. The van der Waals surface area contributed by atoms with Crippen LogP contribution >= 0.6 is 11.6 Å². The van der Waals surface area contributed by atoms with Crippen LogP contribution in [-0.4, -0.2) is 23.6 Å². The van der Waals surface area contributed by atoms with E-state index in [1.807, 2.05) is 6.07 Å². The Morgan fingerprint density at radius 1 is 1.16 bits per heavy atom. The number of rotatable bonds is 4. The average Bonchev–Trinajstić information content (AvgIpc) is 2.88. The second kappa shape index (κ2) is 6.99. The fraction of sp³-hybridized carbons (Fsp3) is 0.158. The van der Waals surface area contributed by atoms with E-state index in [-0.39, 0.29) is 12.2 Å². The summed E-state index contributed by atoms with van der Waals surface area (Å²) < 4.78 is 5.04. The highest BCUT2D eigenvalue weighted by Crippen LogP contribution is 2.41. The minimum absolute atomic E-state index is 0.0713. The summed E-state index contributed by atoms with van der Waals surface area (Å²) in [5.74, 6) is -1.96. The molecule has 1 aliphatic rings. The van der Waals surface area contributed by atoms with Crippen LogP contribution in [0.5, 0.6) is 0 Å². The van der Waals surface area contributed by atoms with Gasteiger partial charge in [-0.2, -0.15) is 0 Å². The van der Waals surface area contributed by atoms with Crippen LogP contribution < -0.4 is 4.90 Å². The lowest BCUT2D eigenvalue weighted by molar-refractivity contribution is -0.139. The normalized spacial score (nSPS) is 17.1. The number of benzene rings is 2. The highest BCUT2D eigenvalue weighted by molar-refractivity contribution is 6.30. The molecule has 5 nitrogen and oxygen atoms in total. The number of aliphatic hydroxyl groups is 1. The number of nitrogens with zero attached hydrogens (tertiary/aromatic N) is 1. The van der Waals surface area contributed by atoms with Gasteiger partial charge in [-0.15, -0.1) is 0 Å². The first-order valence-corrected chi connectivity index (χ1v) is 8.16. The third-order valence-electron chi connectivity index (χ3n) is 3.92. The van der Waals surface area contributed by atoms with Crippen LogP contribution in [0.15, 0.2) is 65.9 Å². The van der Waals surface area contributed by atoms with Gasteiger partial charge in [-0.1, -0.05) is 41.9 Å². The highest BCUT2D eigenvalue weighted by Gasteiger charge is 2.45. The Hall–Kier alpha value is -2.79. The van der Waals surface area contributed by atoms with Crippen molar-refractivity contribution in [3.05, 3.63) is 76.5 Å². The zero-order chi connectivity index (χ0) is 18.0. The van der Waals surface area contributed by atoms with Gasteiger partial charge in [0.25, 0.3) is 5.91 Å². The van der Waals surface area contributed by atoms with E-state index in [1.165, 1.54) is 4.90 Å². The van der Waals surface area contributed by atoms with Crippen molar-refractivity contribution in [1.82, 2.24) is 0 Å². The van der Waals surface area contributed by atoms with Crippen LogP contribution in [0.4, 0.5) is 5.69 Å². The number of aliphatic hydroxyl groups excluding tert-OH is 1. The molecule has 1 N–H and O–H groups in total. The molecule has 0 saturated carbocycles. The van der Waals surface area contributed by atoms with Crippen molar-refractivity contribution in [2.45, 2.75) is 13.0 Å². The van der Waals surface area contributed by atoms with E-state index in [9.17, 15) is 14.7 Å². The summed E-state index contributed by atoms with van der Waals surface area (Å²) in [6.07, 6.45) is 0. The molecule has 0 saturated heterocycles. The number of carbonyl (C=O) groups is 2. The molecule has 128 valence electrons. The van der Waals surface area contributed by atoms with Crippen LogP contribution in [0.3, 0.4) is 0 Å². The van der Waals surface area contributed by atoms with Gasteiger partial charge in [0.1, 0.15) is 5.57 Å². The number of esters is 1. The molecule has 3 rings (SSSR count). The van der Waals surface area contributed by atoms with Gasteiger partial charge in [-0.05, 0) is 36.8 Å². The fourth-order valence-electron chi connectivity index (χ4n) is 2.84. The van der Waals surface area contributed by atoms with Gasteiger partial charge in [0.15, 0.2) is 5.76 Å². The molecule has 1 heterocycles. The minimum Gasteiger partial charge on any atom is -0.503 e. The predicted octanol–water partition coefficient (Wildman–Crippen LogP) is 3.80. The molecule has 1 aliphatic heterocycles. The number of ether oxygens (including phenoxy) is 1. The van der Waals surface area contributed by atoms with Crippen molar-refractivity contribution in [3.8, 4) is 0 Å². The molecule has 0 bridgehead atoms. The van der Waals surface area contributed by atoms with Crippen molar-refractivity contribution in [3.63, 3.8) is 0 Å². The summed E-state index contributed by atoms with van der Waals surface area (Å²) >= 11 is 5.94. The molecule has 0 aromatic heterocycles. The van der Waals surface area contributed by atoms with Crippen molar-refractivity contribution in [1.29, 1.82) is 0 Å². The second-order valence-electron chi connectivity index (χ2n) is 5.45. The quantitative estimate of drug-likeness (QED) is 0.845. The van der Waals surface area contributed by atoms with Gasteiger partial charge in [0.05, 0.1) is 12.6 Å². The first-order valence-electron chi connectivity index (χ1n) is 7.79. The third kappa shape index (κ3) is 3.10. The summed E-state index contributed by atoms with van der Waals surface area (Å²) in [7, 11) is 0. The maximum absolute atomic E-state index is 12.7. The smallest absolute Gasteiger partial charge is 0.340 e. The summed E-state index contributed by atoms with van der Waals surface area (Å²) in [5, 5.41) is 10.9. The van der Waals surface area contributed by atoms with Gasteiger partial charge >= 0.3 is 5.97 Å². The van der Waals surface area contributed by atoms with Gasteiger partial charge < -0.3 is 9.84 Å². The largest absolute Gasteiger partial charge is 0.503 e. The minimum atomic E-state index is -0.786. The van der Waals surface area contributed by atoms with Crippen LogP contribution in [0, 0.1) is 0 Å². The lowest BCUT2D eigenvalue weighted by atomic mass is 9.99. The Balaban J connectivity index is 2.14. The lowest BCUT2D eigenvalue weighted by Crippen LogP contribution is -2.31. The molecule has 0 spiro atoms. The van der Waals surface area contributed by atoms with Crippen LogP contribution in [0.25, 0.3) is 0 Å². The molecule has 1 atom stereocenters. The Labute approximate surface area is 150 Å². The number of carbonyl (C=O) groups excluding carboxylic acids is 2. The van der Waals surface area contributed by atoms with Crippen LogP contribution in [-0.2, 0) is 14.3 Å². The molecule has 1 amide bonds. The highest BCUT2D eigenvalue weighted by atomic mass is 35.5. The van der Waals surface area contributed by atoms with Crippen LogP contribution in [0.2, 0.25) is 5.02 Å². The molecule has 0 fully saturated rings. The van der Waals surface area contributed by atoms with Crippen molar-refractivity contribution >= 4 is 29.2 Å². The molecular weight excluding hydrogens is 342 g/mol. The van der Waals surface area contributed by atoms with E-state index in [1.54, 1.807) is 55.5 Å². The van der Waals surface area contributed by atoms with Gasteiger partial charge in [0, 0.05) is 10.7 Å². The molecule has 2 aromatic carbocycles. The predicted molar refractivity (Wildman–Crippen MR) is 94.4 cm³/mol.